The minimum atomic E-state index is -0.0485. The first-order valence-corrected chi connectivity index (χ1v) is 10.8. The summed E-state index contributed by atoms with van der Waals surface area (Å²) < 4.78 is 12.0. The van der Waals surface area contributed by atoms with Crippen LogP contribution in [0.2, 0.25) is 5.02 Å². The highest BCUT2D eigenvalue weighted by molar-refractivity contribution is 6.30. The van der Waals surface area contributed by atoms with Gasteiger partial charge in [0.1, 0.15) is 24.3 Å². The second kappa shape index (κ2) is 8.58. The normalized spacial score (nSPS) is 13.7. The van der Waals surface area contributed by atoms with E-state index >= 15 is 0 Å². The van der Waals surface area contributed by atoms with Gasteiger partial charge in [0.25, 0.3) is 0 Å². The number of nitrogens with zero attached hydrogens (tertiary/aromatic N) is 1. The van der Waals surface area contributed by atoms with Gasteiger partial charge in [0.2, 0.25) is 5.43 Å². The van der Waals surface area contributed by atoms with Gasteiger partial charge in [-0.25, -0.2) is 0 Å². The predicted octanol–water partition coefficient (Wildman–Crippen LogP) is 5.90. The number of fused-ring (bicyclic) bond motifs is 3. The van der Waals surface area contributed by atoms with Gasteiger partial charge in [-0.05, 0) is 48.2 Å². The highest BCUT2D eigenvalue weighted by atomic mass is 35.5. The Bertz CT molecular complexity index is 1270. The maximum atomic E-state index is 13.2. The number of halogens is 1. The van der Waals surface area contributed by atoms with Crippen molar-refractivity contribution in [3.63, 3.8) is 0 Å². The molecule has 0 radical (unpaired) electrons. The lowest BCUT2D eigenvalue weighted by atomic mass is 10.0. The van der Waals surface area contributed by atoms with E-state index in [1.54, 1.807) is 24.5 Å². The average molecular weight is 432 g/mol. The van der Waals surface area contributed by atoms with Gasteiger partial charge in [0.05, 0.1) is 16.5 Å². The second-order valence-corrected chi connectivity index (χ2v) is 8.26. The largest absolute Gasteiger partial charge is 0.478 e. The lowest BCUT2D eigenvalue weighted by molar-refractivity contribution is 0.0946. The molecule has 0 unspecified atom stereocenters. The Labute approximate surface area is 185 Å². The van der Waals surface area contributed by atoms with Gasteiger partial charge in [-0.3, -0.25) is 9.69 Å². The summed E-state index contributed by atoms with van der Waals surface area (Å²) in [6.07, 6.45) is 3.61. The molecule has 3 aromatic carbocycles. The lowest BCUT2D eigenvalue weighted by Gasteiger charge is -2.29. The molecule has 5 rings (SSSR count). The molecule has 0 atom stereocenters. The van der Waals surface area contributed by atoms with Crippen LogP contribution >= 0.6 is 11.6 Å². The molecule has 0 amide bonds. The zero-order chi connectivity index (χ0) is 21.2. The Morgan fingerprint density at radius 1 is 0.968 bits per heavy atom. The van der Waals surface area contributed by atoms with Crippen LogP contribution in [-0.2, 0) is 13.0 Å². The highest BCUT2D eigenvalue weighted by Gasteiger charge is 2.22. The Kier molecular flexibility index (Phi) is 5.49. The molecule has 2 heterocycles. The van der Waals surface area contributed by atoms with E-state index in [2.05, 4.69) is 29.2 Å². The maximum Gasteiger partial charge on any atom is 0.200 e. The summed E-state index contributed by atoms with van der Waals surface area (Å²) in [4.78, 5) is 15.4. The number of aryl methyl sites for hydroxylation is 1. The number of hydrogen-bond acceptors (Lipinski definition) is 4. The summed E-state index contributed by atoms with van der Waals surface area (Å²) in [6.45, 7) is 2.16. The molecule has 1 aliphatic rings. The van der Waals surface area contributed by atoms with Crippen molar-refractivity contribution in [2.45, 2.75) is 19.4 Å². The van der Waals surface area contributed by atoms with E-state index in [4.69, 9.17) is 20.8 Å². The molecular weight excluding hydrogens is 410 g/mol. The van der Waals surface area contributed by atoms with Crippen LogP contribution in [0.1, 0.15) is 17.5 Å². The van der Waals surface area contributed by atoms with E-state index in [9.17, 15) is 4.79 Å². The van der Waals surface area contributed by atoms with Crippen LogP contribution < -0.4 is 10.2 Å². The summed E-state index contributed by atoms with van der Waals surface area (Å²) >= 11 is 5.98. The van der Waals surface area contributed by atoms with Gasteiger partial charge in [-0.2, -0.15) is 0 Å². The Morgan fingerprint density at radius 3 is 2.58 bits per heavy atom. The molecule has 0 saturated heterocycles. The Balaban J connectivity index is 1.39. The molecule has 4 nitrogen and oxygen atoms in total. The predicted molar refractivity (Wildman–Crippen MR) is 124 cm³/mol. The van der Waals surface area contributed by atoms with E-state index in [0.717, 1.165) is 36.3 Å². The van der Waals surface area contributed by atoms with Crippen LogP contribution in [-0.4, -0.2) is 18.2 Å². The quantitative estimate of drug-likeness (QED) is 0.394. The Hall–Kier alpha value is -3.08. The van der Waals surface area contributed by atoms with Crippen molar-refractivity contribution >= 4 is 22.6 Å². The molecule has 0 bridgehead atoms. The number of benzene rings is 3. The van der Waals surface area contributed by atoms with Crippen LogP contribution in [0.4, 0.5) is 0 Å². The first kappa shape index (κ1) is 19.9. The fraction of sp³-hybridized carbons (Fsp3) is 0.192. The molecule has 0 spiro atoms. The van der Waals surface area contributed by atoms with E-state index in [1.165, 1.54) is 5.56 Å². The van der Waals surface area contributed by atoms with E-state index in [1.807, 2.05) is 24.3 Å². The molecule has 1 aliphatic heterocycles. The molecule has 1 aromatic heterocycles. The van der Waals surface area contributed by atoms with Gasteiger partial charge in [0.15, 0.2) is 0 Å². The zero-order valence-corrected chi connectivity index (χ0v) is 17.8. The molecule has 156 valence electrons. The molecule has 4 aromatic rings. The zero-order valence-electron chi connectivity index (χ0n) is 17.0. The first-order chi connectivity index (χ1) is 15.2. The molecule has 0 fully saturated rings. The molecule has 31 heavy (non-hydrogen) atoms. The van der Waals surface area contributed by atoms with Crippen LogP contribution in [0.15, 0.2) is 82.2 Å². The van der Waals surface area contributed by atoms with Crippen molar-refractivity contribution in [1.29, 1.82) is 0 Å². The summed E-state index contributed by atoms with van der Waals surface area (Å²) in [5, 5.41) is 1.20. The van der Waals surface area contributed by atoms with Gasteiger partial charge in [-0.1, -0.05) is 54.1 Å². The van der Waals surface area contributed by atoms with Crippen molar-refractivity contribution in [1.82, 2.24) is 4.90 Å². The van der Waals surface area contributed by atoms with Crippen molar-refractivity contribution in [2.75, 3.05) is 13.3 Å². The van der Waals surface area contributed by atoms with E-state index in [-0.39, 0.29) is 5.43 Å². The van der Waals surface area contributed by atoms with Crippen LogP contribution in [0.5, 0.6) is 5.75 Å². The fourth-order valence-electron chi connectivity index (χ4n) is 4.08. The van der Waals surface area contributed by atoms with E-state index < -0.39 is 0 Å². The monoisotopic (exact) mass is 431 g/mol. The topological polar surface area (TPSA) is 42.7 Å². The van der Waals surface area contributed by atoms with Gasteiger partial charge < -0.3 is 9.15 Å². The molecule has 0 N–H and O–H groups in total. The van der Waals surface area contributed by atoms with Gasteiger partial charge in [0, 0.05) is 18.1 Å². The van der Waals surface area contributed by atoms with E-state index in [0.29, 0.717) is 34.8 Å². The number of rotatable bonds is 5. The number of hydrogen-bond donors (Lipinski definition) is 0. The minimum Gasteiger partial charge on any atom is -0.478 e. The third kappa shape index (κ3) is 4.09. The lowest BCUT2D eigenvalue weighted by Crippen LogP contribution is -2.33. The number of ether oxygens (including phenoxy) is 1. The fourth-order valence-corrected chi connectivity index (χ4v) is 4.20. The van der Waals surface area contributed by atoms with Crippen molar-refractivity contribution in [3.05, 3.63) is 99.4 Å². The summed E-state index contributed by atoms with van der Waals surface area (Å²) in [5.74, 6) is 0.786. The third-order valence-electron chi connectivity index (χ3n) is 5.72. The summed E-state index contributed by atoms with van der Waals surface area (Å²) in [7, 11) is 0. The molecule has 0 saturated carbocycles. The van der Waals surface area contributed by atoms with Gasteiger partial charge in [-0.15, -0.1) is 0 Å². The third-order valence-corrected chi connectivity index (χ3v) is 5.98. The van der Waals surface area contributed by atoms with Crippen LogP contribution in [0, 0.1) is 0 Å². The average Bonchev–Trinajstić information content (AvgIpc) is 2.81. The molecule has 5 heteroatoms. The van der Waals surface area contributed by atoms with Crippen molar-refractivity contribution in [2.24, 2.45) is 0 Å². The smallest absolute Gasteiger partial charge is 0.200 e. The maximum absolute atomic E-state index is 13.2. The summed E-state index contributed by atoms with van der Waals surface area (Å²) in [5.41, 5.74) is 4.15. The van der Waals surface area contributed by atoms with Crippen LogP contribution in [0.3, 0.4) is 0 Å². The van der Waals surface area contributed by atoms with Crippen molar-refractivity contribution < 1.29 is 9.15 Å². The standard InChI is InChI=1S/C26H22ClNO3/c27-20-10-8-19(9-11-20)23-16-30-26-21(25(23)29)12-13-24-22(26)15-28(17-31-24)14-4-7-18-5-2-1-3-6-18/h1-3,5-6,8-13,16H,4,7,14-15,17H2. The second-order valence-electron chi connectivity index (χ2n) is 7.82. The molecule has 0 aliphatic carbocycles. The minimum absolute atomic E-state index is 0.0485. The molecular formula is C26H22ClNO3. The summed E-state index contributed by atoms with van der Waals surface area (Å²) in [6, 6.07) is 21.4. The Morgan fingerprint density at radius 2 is 1.77 bits per heavy atom. The highest BCUT2D eigenvalue weighted by Crippen LogP contribution is 2.32. The van der Waals surface area contributed by atoms with Crippen molar-refractivity contribution in [3.8, 4) is 16.9 Å². The van der Waals surface area contributed by atoms with Gasteiger partial charge >= 0.3 is 0 Å². The first-order valence-electron chi connectivity index (χ1n) is 10.4. The SMILES string of the molecule is O=c1c(-c2ccc(Cl)cc2)coc2c3c(ccc12)OCN(CCCc1ccccc1)C3. The van der Waals surface area contributed by atoms with Crippen LogP contribution in [0.25, 0.3) is 22.1 Å².